The Hall–Kier alpha value is -3.10. The molecule has 0 saturated carbocycles. The van der Waals surface area contributed by atoms with Crippen molar-refractivity contribution in [3.05, 3.63) is 48.2 Å². The molecule has 2 aromatic rings. The number of hydrogen-bond donors (Lipinski definition) is 0. The van der Waals surface area contributed by atoms with Crippen molar-refractivity contribution in [1.82, 2.24) is 4.98 Å². The molecule has 1 heterocycles. The van der Waals surface area contributed by atoms with E-state index in [1.165, 1.54) is 50.6 Å². The van der Waals surface area contributed by atoms with E-state index in [0.29, 0.717) is 0 Å². The second kappa shape index (κ2) is 8.52. The third-order valence-corrected chi connectivity index (χ3v) is 3.43. The van der Waals surface area contributed by atoms with Crippen LogP contribution in [-0.2, 0) is 20.5 Å². The molecule has 9 heteroatoms. The Bertz CT molecular complexity index is 805. The Morgan fingerprint density at radius 3 is 2.33 bits per heavy atom. The van der Waals surface area contributed by atoms with E-state index >= 15 is 0 Å². The van der Waals surface area contributed by atoms with E-state index in [1.54, 1.807) is 0 Å². The molecule has 1 aromatic heterocycles. The second-order valence-electron chi connectivity index (χ2n) is 5.41. The molecule has 144 valence electrons. The van der Waals surface area contributed by atoms with Crippen molar-refractivity contribution in [2.45, 2.75) is 25.6 Å². The van der Waals surface area contributed by atoms with Gasteiger partial charge in [0.1, 0.15) is 23.5 Å². The minimum Gasteiger partial charge on any atom is -0.483 e. The maximum absolute atomic E-state index is 12.9. The number of ketones is 1. The van der Waals surface area contributed by atoms with Gasteiger partial charge < -0.3 is 14.2 Å². The first-order chi connectivity index (χ1) is 12.7. The molecule has 0 aliphatic carbocycles. The van der Waals surface area contributed by atoms with E-state index in [2.05, 4.69) is 9.72 Å². The first-order valence-corrected chi connectivity index (χ1v) is 7.77. The van der Waals surface area contributed by atoms with Crippen molar-refractivity contribution in [1.29, 1.82) is 0 Å². The van der Waals surface area contributed by atoms with Crippen LogP contribution >= 0.6 is 0 Å². The minimum atomic E-state index is -4.60. The van der Waals surface area contributed by atoms with Crippen molar-refractivity contribution < 1.29 is 37.0 Å². The van der Waals surface area contributed by atoms with Crippen LogP contribution in [-0.4, -0.2) is 30.0 Å². The number of benzene rings is 1. The van der Waals surface area contributed by atoms with Gasteiger partial charge in [-0.25, -0.2) is 4.98 Å². The van der Waals surface area contributed by atoms with Crippen LogP contribution in [0.4, 0.5) is 13.2 Å². The molecule has 0 N–H and O–H groups in total. The molecule has 1 aromatic carbocycles. The topological polar surface area (TPSA) is 74.7 Å². The van der Waals surface area contributed by atoms with Crippen LogP contribution in [0.15, 0.2) is 42.6 Å². The van der Waals surface area contributed by atoms with E-state index in [9.17, 15) is 22.8 Å². The lowest BCUT2D eigenvalue weighted by Crippen LogP contribution is -2.26. The number of halogens is 3. The molecule has 27 heavy (non-hydrogen) atoms. The zero-order valence-electron chi connectivity index (χ0n) is 14.4. The Kier molecular flexibility index (Phi) is 6.38. The van der Waals surface area contributed by atoms with E-state index in [-0.39, 0.29) is 11.5 Å². The summed E-state index contributed by atoms with van der Waals surface area (Å²) < 4.78 is 53.8. The largest absolute Gasteiger partial charge is 0.483 e. The highest BCUT2D eigenvalue weighted by Crippen LogP contribution is 2.36. The summed E-state index contributed by atoms with van der Waals surface area (Å²) in [4.78, 5) is 26.5. The molecule has 0 aliphatic heterocycles. The molecular formula is C18H16F3NO5. The summed E-state index contributed by atoms with van der Waals surface area (Å²) in [5.41, 5.74) is -0.993. The van der Waals surface area contributed by atoms with Crippen molar-refractivity contribution in [2.75, 3.05) is 7.11 Å². The fourth-order valence-electron chi connectivity index (χ4n) is 2.01. The van der Waals surface area contributed by atoms with Gasteiger partial charge in [-0.3, -0.25) is 9.59 Å². The zero-order chi connectivity index (χ0) is 20.0. The van der Waals surface area contributed by atoms with Crippen LogP contribution in [0.3, 0.4) is 0 Å². The van der Waals surface area contributed by atoms with Gasteiger partial charge in [-0.1, -0.05) is 0 Å². The van der Waals surface area contributed by atoms with Gasteiger partial charge in [-0.2, -0.15) is 13.2 Å². The van der Waals surface area contributed by atoms with Crippen LogP contribution in [0.2, 0.25) is 0 Å². The first-order valence-electron chi connectivity index (χ1n) is 7.77. The smallest absolute Gasteiger partial charge is 0.421 e. The fraction of sp³-hybridized carbons (Fsp3) is 0.278. The number of aromatic nitrogens is 1. The van der Waals surface area contributed by atoms with Crippen molar-refractivity contribution >= 4 is 11.8 Å². The van der Waals surface area contributed by atoms with Gasteiger partial charge in [0.25, 0.3) is 0 Å². The average molecular weight is 383 g/mol. The predicted octanol–water partition coefficient (Wildman–Crippen LogP) is 3.79. The highest BCUT2D eigenvalue weighted by Gasteiger charge is 2.35. The molecule has 1 unspecified atom stereocenters. The monoisotopic (exact) mass is 383 g/mol. The van der Waals surface area contributed by atoms with Crippen molar-refractivity contribution in [3.63, 3.8) is 0 Å². The molecule has 1 atom stereocenters. The summed E-state index contributed by atoms with van der Waals surface area (Å²) in [6.45, 7) is 1.47. The molecule has 0 fully saturated rings. The van der Waals surface area contributed by atoms with Crippen LogP contribution < -0.4 is 9.47 Å². The summed E-state index contributed by atoms with van der Waals surface area (Å²) in [5, 5.41) is 0. The van der Waals surface area contributed by atoms with E-state index in [0.717, 1.165) is 6.07 Å². The lowest BCUT2D eigenvalue weighted by atomic mass is 10.2. The zero-order valence-corrected chi connectivity index (χ0v) is 14.4. The van der Waals surface area contributed by atoms with Crippen LogP contribution in [0, 0.1) is 0 Å². The Balaban J connectivity index is 2.04. The number of methoxy groups -OCH3 is 1. The molecule has 0 spiro atoms. The second-order valence-corrected chi connectivity index (χ2v) is 5.41. The molecular weight excluding hydrogens is 367 g/mol. The Morgan fingerprint density at radius 2 is 1.74 bits per heavy atom. The summed E-state index contributed by atoms with van der Waals surface area (Å²) in [7, 11) is 1.17. The first kappa shape index (κ1) is 20.2. The summed E-state index contributed by atoms with van der Waals surface area (Å²) in [5.74, 6) is -1.31. The molecule has 2 rings (SSSR count). The Morgan fingerprint density at radius 1 is 1.11 bits per heavy atom. The van der Waals surface area contributed by atoms with E-state index in [4.69, 9.17) is 9.47 Å². The summed E-state index contributed by atoms with van der Waals surface area (Å²) in [6.07, 6.45) is -4.72. The van der Waals surface area contributed by atoms with E-state index in [1.807, 2.05) is 0 Å². The quantitative estimate of drug-likeness (QED) is 0.535. The number of hydrogen-bond acceptors (Lipinski definition) is 6. The maximum atomic E-state index is 12.9. The van der Waals surface area contributed by atoms with Gasteiger partial charge in [0.2, 0.25) is 5.88 Å². The molecule has 0 radical (unpaired) electrons. The van der Waals surface area contributed by atoms with Gasteiger partial charge >= 0.3 is 12.1 Å². The third kappa shape index (κ3) is 5.70. The van der Waals surface area contributed by atoms with Crippen molar-refractivity contribution in [3.8, 4) is 17.4 Å². The molecule has 0 bridgehead atoms. The number of carbonyl (C=O) groups is 2. The number of Topliss-reactive ketones (excluding diaryl/α,β-unsaturated/α-hetero) is 1. The minimum absolute atomic E-state index is 0.111. The van der Waals surface area contributed by atoms with Gasteiger partial charge in [-0.15, -0.1) is 0 Å². The average Bonchev–Trinajstić information content (AvgIpc) is 2.62. The maximum Gasteiger partial charge on any atom is 0.421 e. The lowest BCUT2D eigenvalue weighted by molar-refractivity contribution is -0.145. The fourth-order valence-corrected chi connectivity index (χ4v) is 2.01. The number of nitrogens with zero attached hydrogens (tertiary/aromatic N) is 1. The van der Waals surface area contributed by atoms with Crippen LogP contribution in [0.1, 0.15) is 18.9 Å². The SMILES string of the molecule is COC(=O)CC(=O)C(C)Oc1ccc(Oc2ncccc2C(F)(F)F)cc1. The van der Waals surface area contributed by atoms with Crippen LogP contribution in [0.5, 0.6) is 17.4 Å². The number of esters is 1. The lowest BCUT2D eigenvalue weighted by Gasteiger charge is -2.14. The van der Waals surface area contributed by atoms with Crippen LogP contribution in [0.25, 0.3) is 0 Å². The summed E-state index contributed by atoms with van der Waals surface area (Å²) in [6, 6.07) is 7.64. The standard InChI is InChI=1S/C18H16F3NO5/c1-11(15(23)10-16(24)25-2)26-12-5-7-13(8-6-12)27-17-14(18(19,20)21)4-3-9-22-17/h3-9,11H,10H2,1-2H3. The summed E-state index contributed by atoms with van der Waals surface area (Å²) >= 11 is 0. The third-order valence-electron chi connectivity index (χ3n) is 3.43. The molecule has 0 amide bonds. The van der Waals surface area contributed by atoms with Crippen molar-refractivity contribution in [2.24, 2.45) is 0 Å². The number of alkyl halides is 3. The molecule has 0 saturated heterocycles. The van der Waals surface area contributed by atoms with Gasteiger partial charge in [0.15, 0.2) is 11.9 Å². The predicted molar refractivity (Wildman–Crippen MR) is 87.5 cm³/mol. The van der Waals surface area contributed by atoms with Gasteiger partial charge in [-0.05, 0) is 43.3 Å². The Labute approximate surface area is 152 Å². The highest BCUT2D eigenvalue weighted by atomic mass is 19.4. The van der Waals surface area contributed by atoms with Gasteiger partial charge in [0.05, 0.1) is 7.11 Å². The van der Waals surface area contributed by atoms with E-state index < -0.39 is 41.9 Å². The normalized spacial score (nSPS) is 12.2. The molecule has 6 nitrogen and oxygen atoms in total. The number of carbonyl (C=O) groups excluding carboxylic acids is 2. The number of rotatable bonds is 7. The number of pyridine rings is 1. The molecule has 0 aliphatic rings. The highest BCUT2D eigenvalue weighted by molar-refractivity contribution is 5.97. The number of ether oxygens (including phenoxy) is 3. The van der Waals surface area contributed by atoms with Gasteiger partial charge in [0, 0.05) is 6.20 Å².